The monoisotopic (exact) mass is 243 g/mol. The van der Waals surface area contributed by atoms with Crippen molar-refractivity contribution in [2.75, 3.05) is 26.7 Å². The first-order valence-corrected chi connectivity index (χ1v) is 5.90. The van der Waals surface area contributed by atoms with Crippen molar-refractivity contribution >= 4 is 12.0 Å². The quantitative estimate of drug-likeness (QED) is 0.726. The summed E-state index contributed by atoms with van der Waals surface area (Å²) in [5.41, 5.74) is 0. The van der Waals surface area contributed by atoms with Crippen LogP contribution < -0.4 is 5.32 Å². The molecule has 0 aromatic heterocycles. The molecule has 0 radical (unpaired) electrons. The second-order valence-electron chi connectivity index (χ2n) is 4.67. The lowest BCUT2D eigenvalue weighted by molar-refractivity contribution is -0.138. The molecule has 17 heavy (non-hydrogen) atoms. The molecule has 2 N–H and O–H groups in total. The number of aliphatic carboxylic acids is 1. The van der Waals surface area contributed by atoms with Crippen LogP contribution in [0.3, 0.4) is 0 Å². The molecule has 1 aliphatic heterocycles. The van der Waals surface area contributed by atoms with Gasteiger partial charge in [0.15, 0.2) is 0 Å². The van der Waals surface area contributed by atoms with E-state index in [9.17, 15) is 9.59 Å². The van der Waals surface area contributed by atoms with E-state index < -0.39 is 12.0 Å². The van der Waals surface area contributed by atoms with Gasteiger partial charge in [-0.25, -0.2) is 4.79 Å². The third-order valence-corrected chi connectivity index (χ3v) is 3.02. The molecule has 0 saturated carbocycles. The molecule has 2 atom stereocenters. The fourth-order valence-corrected chi connectivity index (χ4v) is 2.00. The van der Waals surface area contributed by atoms with E-state index >= 15 is 0 Å². The molecule has 0 spiro atoms. The molecular formula is C11H21N3O3. The lowest BCUT2D eigenvalue weighted by atomic mass is 10.3. The second kappa shape index (κ2) is 5.86. The number of hydrogen-bond donors (Lipinski definition) is 2. The topological polar surface area (TPSA) is 72.9 Å². The van der Waals surface area contributed by atoms with E-state index in [1.54, 1.807) is 4.90 Å². The Morgan fingerprint density at radius 2 is 2.06 bits per heavy atom. The summed E-state index contributed by atoms with van der Waals surface area (Å²) in [7, 11) is 2.03. The van der Waals surface area contributed by atoms with Crippen molar-refractivity contribution in [3.63, 3.8) is 0 Å². The lowest BCUT2D eigenvalue weighted by Gasteiger charge is -2.28. The summed E-state index contributed by atoms with van der Waals surface area (Å²) < 4.78 is 0. The van der Waals surface area contributed by atoms with Gasteiger partial charge in [0, 0.05) is 19.1 Å². The van der Waals surface area contributed by atoms with Gasteiger partial charge >= 0.3 is 12.0 Å². The first kappa shape index (κ1) is 13.8. The van der Waals surface area contributed by atoms with Gasteiger partial charge in [0.1, 0.15) is 6.04 Å². The van der Waals surface area contributed by atoms with Crippen molar-refractivity contribution in [2.45, 2.75) is 32.4 Å². The maximum absolute atomic E-state index is 11.9. The number of carbonyl (C=O) groups excluding carboxylic acids is 1. The van der Waals surface area contributed by atoms with Gasteiger partial charge in [-0.3, -0.25) is 4.79 Å². The molecule has 1 fully saturated rings. The molecular weight excluding hydrogens is 222 g/mol. The third-order valence-electron chi connectivity index (χ3n) is 3.02. The van der Waals surface area contributed by atoms with Crippen molar-refractivity contribution in [3.8, 4) is 0 Å². The van der Waals surface area contributed by atoms with Gasteiger partial charge in [0.05, 0.1) is 0 Å². The van der Waals surface area contributed by atoms with E-state index in [0.29, 0.717) is 6.54 Å². The number of carboxylic acid groups (broad SMARTS) is 1. The molecule has 98 valence electrons. The van der Waals surface area contributed by atoms with Gasteiger partial charge in [0.2, 0.25) is 0 Å². The normalized spacial score (nSPS) is 23.9. The number of hydrogen-bond acceptors (Lipinski definition) is 3. The Morgan fingerprint density at radius 1 is 1.41 bits per heavy atom. The maximum Gasteiger partial charge on any atom is 0.325 e. The number of carboxylic acids is 1. The molecule has 1 rings (SSSR count). The van der Waals surface area contributed by atoms with Crippen molar-refractivity contribution in [3.05, 3.63) is 0 Å². The lowest BCUT2D eigenvalue weighted by Crippen LogP contribution is -2.51. The van der Waals surface area contributed by atoms with Crippen LogP contribution >= 0.6 is 0 Å². The Kier molecular flexibility index (Phi) is 4.74. The van der Waals surface area contributed by atoms with Crippen LogP contribution in [0.2, 0.25) is 0 Å². The van der Waals surface area contributed by atoms with Gasteiger partial charge in [-0.15, -0.1) is 0 Å². The molecule has 0 aliphatic carbocycles. The highest BCUT2D eigenvalue weighted by atomic mass is 16.4. The number of carbonyl (C=O) groups is 2. The summed E-state index contributed by atoms with van der Waals surface area (Å²) in [6, 6.07) is -1.04. The minimum atomic E-state index is -1.02. The number of likely N-dealkylation sites (N-methyl/N-ethyl adjacent to an activating group) is 1. The zero-order valence-electron chi connectivity index (χ0n) is 10.6. The highest BCUT2D eigenvalue weighted by Crippen LogP contribution is 2.08. The molecule has 2 unspecified atom stereocenters. The summed E-state index contributed by atoms with van der Waals surface area (Å²) in [4.78, 5) is 26.5. The van der Waals surface area contributed by atoms with E-state index in [-0.39, 0.29) is 12.1 Å². The molecule has 1 heterocycles. The Hall–Kier alpha value is -1.30. The molecule has 1 saturated heterocycles. The second-order valence-corrected chi connectivity index (χ2v) is 4.67. The van der Waals surface area contributed by atoms with Crippen molar-refractivity contribution < 1.29 is 14.7 Å². The highest BCUT2D eigenvalue weighted by Gasteiger charge is 2.25. The molecule has 0 aromatic rings. The average Bonchev–Trinajstić information content (AvgIpc) is 2.38. The number of urea groups is 1. The Bertz CT molecular complexity index is 296. The van der Waals surface area contributed by atoms with E-state index in [1.807, 2.05) is 14.0 Å². The van der Waals surface area contributed by atoms with Crippen molar-refractivity contribution in [1.82, 2.24) is 15.1 Å². The van der Waals surface area contributed by atoms with E-state index in [4.69, 9.17) is 5.11 Å². The maximum atomic E-state index is 11.9. The van der Waals surface area contributed by atoms with E-state index in [1.165, 1.54) is 6.92 Å². The van der Waals surface area contributed by atoms with Crippen LogP contribution in [0.1, 0.15) is 20.3 Å². The zero-order valence-corrected chi connectivity index (χ0v) is 10.6. The molecule has 0 aromatic carbocycles. The predicted molar refractivity (Wildman–Crippen MR) is 63.9 cm³/mol. The largest absolute Gasteiger partial charge is 0.480 e. The number of nitrogens with one attached hydrogen (secondary N) is 1. The first-order valence-electron chi connectivity index (χ1n) is 5.90. The van der Waals surface area contributed by atoms with E-state index in [2.05, 4.69) is 10.2 Å². The van der Waals surface area contributed by atoms with Gasteiger partial charge in [-0.05, 0) is 33.9 Å². The minimum absolute atomic E-state index is 0.100. The fraction of sp³-hybridized carbons (Fsp3) is 0.818. The molecule has 1 aliphatic rings. The van der Waals surface area contributed by atoms with Crippen molar-refractivity contribution in [2.24, 2.45) is 0 Å². The Morgan fingerprint density at radius 3 is 2.65 bits per heavy atom. The van der Waals surface area contributed by atoms with Crippen LogP contribution in [0.5, 0.6) is 0 Å². The number of nitrogens with zero attached hydrogens (tertiary/aromatic N) is 2. The SMILES string of the molecule is CC(NC(=O)N1CCCN(C)CC1C)C(=O)O. The summed E-state index contributed by atoms with van der Waals surface area (Å²) in [5, 5.41) is 11.2. The van der Waals surface area contributed by atoms with Gasteiger partial charge < -0.3 is 20.2 Å². The summed E-state index contributed by atoms with van der Waals surface area (Å²) >= 11 is 0. The average molecular weight is 243 g/mol. The van der Waals surface area contributed by atoms with Crippen LogP contribution in [-0.2, 0) is 4.79 Å². The minimum Gasteiger partial charge on any atom is -0.480 e. The standard InChI is InChI=1S/C11H21N3O3/c1-8-7-13(3)5-4-6-14(8)11(17)12-9(2)10(15)16/h8-9H,4-7H2,1-3H3,(H,12,17)(H,15,16). The summed E-state index contributed by atoms with van der Waals surface area (Å²) in [6.07, 6.45) is 0.912. The predicted octanol–water partition coefficient (Wildman–Crippen LogP) is 0.195. The molecule has 6 nitrogen and oxygen atoms in total. The molecule has 0 bridgehead atoms. The van der Waals surface area contributed by atoms with E-state index in [0.717, 1.165) is 19.5 Å². The molecule has 6 heteroatoms. The van der Waals surface area contributed by atoms with Crippen LogP contribution in [0.15, 0.2) is 0 Å². The van der Waals surface area contributed by atoms with Crippen LogP contribution in [-0.4, -0.2) is 65.7 Å². The number of amides is 2. The summed E-state index contributed by atoms with van der Waals surface area (Å²) in [5.74, 6) is -1.02. The van der Waals surface area contributed by atoms with Crippen LogP contribution in [0.25, 0.3) is 0 Å². The van der Waals surface area contributed by atoms with Gasteiger partial charge in [-0.2, -0.15) is 0 Å². The van der Waals surface area contributed by atoms with Crippen LogP contribution in [0, 0.1) is 0 Å². The van der Waals surface area contributed by atoms with Crippen LogP contribution in [0.4, 0.5) is 4.79 Å². The third kappa shape index (κ3) is 3.89. The Labute approximate surface area is 102 Å². The van der Waals surface area contributed by atoms with Gasteiger partial charge in [-0.1, -0.05) is 0 Å². The summed E-state index contributed by atoms with van der Waals surface area (Å²) in [6.45, 7) is 5.89. The smallest absolute Gasteiger partial charge is 0.325 e. The first-order chi connectivity index (χ1) is 7.91. The van der Waals surface area contributed by atoms with Gasteiger partial charge in [0.25, 0.3) is 0 Å². The fourth-order valence-electron chi connectivity index (χ4n) is 2.00. The highest BCUT2D eigenvalue weighted by molar-refractivity contribution is 5.82. The molecule has 2 amide bonds. The Balaban J connectivity index is 2.58. The van der Waals surface area contributed by atoms with Crippen molar-refractivity contribution in [1.29, 1.82) is 0 Å². The number of rotatable bonds is 2. The zero-order chi connectivity index (χ0) is 13.0.